The van der Waals surface area contributed by atoms with Crippen LogP contribution < -0.4 is 10.2 Å². The number of nitrogens with zero attached hydrogens (tertiary/aromatic N) is 4. The van der Waals surface area contributed by atoms with Crippen LogP contribution >= 0.6 is 0 Å². The zero-order chi connectivity index (χ0) is 25.4. The lowest BCUT2D eigenvalue weighted by molar-refractivity contribution is 0.538. The molecule has 1 N–H and O–H groups in total. The minimum Gasteiger partial charge on any atom is -0.370 e. The molecular formula is C30H43N5. The standard InChI is InChI=1S/C30H43N5/c1-8-16-35(17-9-2)25-14-15-28(31-19-25)34-30-32-20-26(23(7)29(21(3)4)22(5)6)27(33-30)18-24-12-10-11-13-24/h14-15,19-20,24H,3,5,8-13,16-18H2,1-2,4,6-7H3,(H,31,32,33,34). The first-order valence-electron chi connectivity index (χ1n) is 13.2. The Morgan fingerprint density at radius 1 is 0.971 bits per heavy atom. The van der Waals surface area contributed by atoms with Crippen LogP contribution in [0.1, 0.15) is 84.4 Å². The summed E-state index contributed by atoms with van der Waals surface area (Å²) in [5, 5.41) is 3.34. The predicted molar refractivity (Wildman–Crippen MR) is 150 cm³/mol. The summed E-state index contributed by atoms with van der Waals surface area (Å²) in [6, 6.07) is 4.15. The van der Waals surface area contributed by atoms with Crippen LogP contribution in [-0.4, -0.2) is 28.0 Å². The van der Waals surface area contributed by atoms with E-state index in [2.05, 4.69) is 60.2 Å². The molecule has 1 fully saturated rings. The topological polar surface area (TPSA) is 53.9 Å². The Morgan fingerprint density at radius 2 is 1.63 bits per heavy atom. The number of nitrogens with one attached hydrogen (secondary N) is 1. The van der Waals surface area contributed by atoms with Gasteiger partial charge in [0.2, 0.25) is 5.95 Å². The molecule has 0 radical (unpaired) electrons. The molecule has 0 atom stereocenters. The molecule has 35 heavy (non-hydrogen) atoms. The number of anilines is 3. The Hall–Kier alpha value is -2.95. The summed E-state index contributed by atoms with van der Waals surface area (Å²) in [6.45, 7) is 21.1. The lowest BCUT2D eigenvalue weighted by Crippen LogP contribution is -2.24. The van der Waals surface area contributed by atoms with Crippen molar-refractivity contribution in [3.8, 4) is 0 Å². The fraction of sp³-hybridized carbons (Fsp3) is 0.500. The molecule has 1 aliphatic rings. The Morgan fingerprint density at radius 3 is 2.17 bits per heavy atom. The number of hydrogen-bond donors (Lipinski definition) is 1. The molecule has 2 aromatic heterocycles. The number of pyridine rings is 1. The van der Waals surface area contributed by atoms with E-state index in [0.29, 0.717) is 11.9 Å². The Kier molecular flexibility index (Phi) is 9.64. The monoisotopic (exact) mass is 473 g/mol. The molecule has 0 bridgehead atoms. The lowest BCUT2D eigenvalue weighted by atomic mass is 9.90. The molecule has 0 amide bonds. The van der Waals surface area contributed by atoms with Crippen molar-refractivity contribution in [2.24, 2.45) is 5.92 Å². The van der Waals surface area contributed by atoms with Crippen LogP contribution in [0.3, 0.4) is 0 Å². The van der Waals surface area contributed by atoms with E-state index in [4.69, 9.17) is 4.98 Å². The van der Waals surface area contributed by atoms with Gasteiger partial charge in [0.15, 0.2) is 0 Å². The van der Waals surface area contributed by atoms with Gasteiger partial charge in [0.1, 0.15) is 5.82 Å². The highest BCUT2D eigenvalue weighted by Gasteiger charge is 2.21. The van der Waals surface area contributed by atoms with Crippen LogP contribution in [0.15, 0.2) is 54.4 Å². The number of aromatic nitrogens is 3. The molecule has 188 valence electrons. The van der Waals surface area contributed by atoms with Gasteiger partial charge < -0.3 is 10.2 Å². The minimum absolute atomic E-state index is 0.598. The SMILES string of the molecule is C=C(C)C(C(=C)C)=C(C)c1cnc(Nc2ccc(N(CCC)CCC)cn2)nc1CC1CCCC1. The van der Waals surface area contributed by atoms with Crippen molar-refractivity contribution >= 4 is 23.0 Å². The summed E-state index contributed by atoms with van der Waals surface area (Å²) in [5.41, 5.74) is 7.66. The first-order valence-corrected chi connectivity index (χ1v) is 13.2. The van der Waals surface area contributed by atoms with Crippen molar-refractivity contribution in [1.29, 1.82) is 0 Å². The molecule has 2 aromatic rings. The van der Waals surface area contributed by atoms with Gasteiger partial charge in [0.05, 0.1) is 17.6 Å². The van der Waals surface area contributed by atoms with Crippen molar-refractivity contribution < 1.29 is 0 Å². The quantitative estimate of drug-likeness (QED) is 0.317. The number of rotatable bonds is 12. The average molecular weight is 474 g/mol. The second kappa shape index (κ2) is 12.7. The van der Waals surface area contributed by atoms with E-state index in [9.17, 15) is 0 Å². The molecule has 0 aromatic carbocycles. The average Bonchev–Trinajstić information content (AvgIpc) is 3.32. The van der Waals surface area contributed by atoms with Crippen molar-refractivity contribution in [1.82, 2.24) is 15.0 Å². The highest BCUT2D eigenvalue weighted by atomic mass is 15.2. The molecule has 0 unspecified atom stereocenters. The second-order valence-electron chi connectivity index (χ2n) is 9.98. The smallest absolute Gasteiger partial charge is 0.228 e. The molecule has 0 spiro atoms. The number of hydrogen-bond acceptors (Lipinski definition) is 5. The molecule has 0 aliphatic heterocycles. The summed E-state index contributed by atoms with van der Waals surface area (Å²) in [7, 11) is 0. The van der Waals surface area contributed by atoms with Crippen molar-refractivity contribution in [3.05, 3.63) is 65.7 Å². The Labute approximate surface area is 212 Å². The summed E-state index contributed by atoms with van der Waals surface area (Å²) >= 11 is 0. The highest BCUT2D eigenvalue weighted by molar-refractivity contribution is 5.76. The molecule has 2 heterocycles. The minimum atomic E-state index is 0.598. The van der Waals surface area contributed by atoms with Gasteiger partial charge in [-0.05, 0) is 69.2 Å². The van der Waals surface area contributed by atoms with Crippen molar-refractivity contribution in [3.63, 3.8) is 0 Å². The van der Waals surface area contributed by atoms with Gasteiger partial charge >= 0.3 is 0 Å². The van der Waals surface area contributed by atoms with E-state index in [1.165, 1.54) is 25.7 Å². The first-order chi connectivity index (χ1) is 16.8. The zero-order valence-electron chi connectivity index (χ0n) is 22.5. The van der Waals surface area contributed by atoms with E-state index in [0.717, 1.165) is 77.4 Å². The van der Waals surface area contributed by atoms with Crippen molar-refractivity contribution in [2.45, 2.75) is 79.6 Å². The maximum absolute atomic E-state index is 5.00. The first kappa shape index (κ1) is 26.7. The molecular weight excluding hydrogens is 430 g/mol. The van der Waals surface area contributed by atoms with Gasteiger partial charge in [-0.2, -0.15) is 0 Å². The highest BCUT2D eigenvalue weighted by Crippen LogP contribution is 2.33. The van der Waals surface area contributed by atoms with E-state index < -0.39 is 0 Å². The third-order valence-electron chi connectivity index (χ3n) is 6.80. The van der Waals surface area contributed by atoms with E-state index in [1.807, 2.05) is 32.3 Å². The van der Waals surface area contributed by atoms with Gasteiger partial charge in [-0.3, -0.25) is 0 Å². The van der Waals surface area contributed by atoms with Gasteiger partial charge in [-0.1, -0.05) is 63.8 Å². The molecule has 3 rings (SSSR count). The summed E-state index contributed by atoms with van der Waals surface area (Å²) < 4.78 is 0. The number of allylic oxidation sites excluding steroid dienone is 4. The van der Waals surface area contributed by atoms with Gasteiger partial charge in [0.25, 0.3) is 0 Å². The van der Waals surface area contributed by atoms with E-state index >= 15 is 0 Å². The van der Waals surface area contributed by atoms with Crippen LogP contribution in [0.4, 0.5) is 17.5 Å². The van der Waals surface area contributed by atoms with Crippen LogP contribution in [0, 0.1) is 5.92 Å². The van der Waals surface area contributed by atoms with Crippen LogP contribution in [0.5, 0.6) is 0 Å². The summed E-state index contributed by atoms with van der Waals surface area (Å²) in [6.07, 6.45) is 12.3. The molecule has 1 saturated carbocycles. The zero-order valence-corrected chi connectivity index (χ0v) is 22.5. The maximum Gasteiger partial charge on any atom is 0.228 e. The normalized spacial score (nSPS) is 13.5. The Bertz CT molecular complexity index is 1020. The van der Waals surface area contributed by atoms with E-state index in [-0.39, 0.29) is 0 Å². The largest absolute Gasteiger partial charge is 0.370 e. The molecule has 0 saturated heterocycles. The van der Waals surface area contributed by atoms with Gasteiger partial charge in [0, 0.05) is 24.8 Å². The van der Waals surface area contributed by atoms with Crippen molar-refractivity contribution in [2.75, 3.05) is 23.3 Å². The summed E-state index contributed by atoms with van der Waals surface area (Å²) in [5.74, 6) is 2.04. The van der Waals surface area contributed by atoms with Gasteiger partial charge in [-0.25, -0.2) is 15.0 Å². The predicted octanol–water partition coefficient (Wildman–Crippen LogP) is 7.90. The third kappa shape index (κ3) is 7.03. The van der Waals surface area contributed by atoms with Gasteiger partial charge in [-0.15, -0.1) is 0 Å². The Balaban J connectivity index is 1.90. The molecule has 1 aliphatic carbocycles. The molecule has 5 heteroatoms. The van der Waals surface area contributed by atoms with Crippen LogP contribution in [0.25, 0.3) is 5.57 Å². The fourth-order valence-corrected chi connectivity index (χ4v) is 5.24. The molecule has 5 nitrogen and oxygen atoms in total. The fourth-order valence-electron chi connectivity index (χ4n) is 5.24. The third-order valence-corrected chi connectivity index (χ3v) is 6.80. The van der Waals surface area contributed by atoms with E-state index in [1.54, 1.807) is 0 Å². The lowest BCUT2D eigenvalue weighted by Gasteiger charge is -2.23. The second-order valence-corrected chi connectivity index (χ2v) is 9.98. The summed E-state index contributed by atoms with van der Waals surface area (Å²) in [4.78, 5) is 16.7. The van der Waals surface area contributed by atoms with Crippen LogP contribution in [-0.2, 0) is 6.42 Å². The van der Waals surface area contributed by atoms with Crippen LogP contribution in [0.2, 0.25) is 0 Å². The maximum atomic E-state index is 5.00.